The number of fused-ring (bicyclic) bond motifs is 1. The molecule has 1 aromatic carbocycles. The highest BCUT2D eigenvalue weighted by molar-refractivity contribution is 5.79. The third-order valence-corrected chi connectivity index (χ3v) is 5.06. The lowest BCUT2D eigenvalue weighted by Gasteiger charge is -2.32. The van der Waals surface area contributed by atoms with Crippen molar-refractivity contribution in [2.75, 3.05) is 7.11 Å². The lowest BCUT2D eigenvalue weighted by molar-refractivity contribution is 0.377. The molecule has 0 atom stereocenters. The number of methoxy groups -OCH3 is 1. The minimum Gasteiger partial charge on any atom is -0.497 e. The van der Waals surface area contributed by atoms with Crippen molar-refractivity contribution in [2.45, 2.75) is 73.6 Å². The zero-order valence-electron chi connectivity index (χ0n) is 18.6. The molecule has 0 radical (unpaired) electrons. The maximum absolute atomic E-state index is 5.67. The highest BCUT2D eigenvalue weighted by Gasteiger charge is 2.25. The third kappa shape index (κ3) is 6.02. The Balaban J connectivity index is 0.000000254. The van der Waals surface area contributed by atoms with Gasteiger partial charge in [-0.3, -0.25) is 0 Å². The number of hydrogen-bond donors (Lipinski definition) is 0. The van der Waals surface area contributed by atoms with E-state index in [1.54, 1.807) is 7.11 Å². The standard InChI is InChI=1S/C12H14O2.C11H18.C2H6/c1-8(2)12-7-9-6-10(13-3)4-5-11(9)14-12;1-5-10-9(2)7-6-8-11(10,3)4;1-2/h4-8H,1-3H3;5H,1,6-8H2,2-4H3;1-2H3. The Labute approximate surface area is 166 Å². The van der Waals surface area contributed by atoms with Crippen LogP contribution < -0.4 is 4.74 Å². The quantitative estimate of drug-likeness (QED) is 0.542. The second-order valence-electron chi connectivity index (χ2n) is 7.84. The molecule has 1 aliphatic carbocycles. The Hall–Kier alpha value is -1.96. The molecular weight excluding hydrogens is 332 g/mol. The molecule has 0 N–H and O–H groups in total. The van der Waals surface area contributed by atoms with Gasteiger partial charge >= 0.3 is 0 Å². The van der Waals surface area contributed by atoms with Crippen molar-refractivity contribution < 1.29 is 9.15 Å². The van der Waals surface area contributed by atoms with Crippen LogP contribution in [0.2, 0.25) is 0 Å². The van der Waals surface area contributed by atoms with Crippen LogP contribution in [-0.2, 0) is 0 Å². The second kappa shape index (κ2) is 10.4. The Morgan fingerprint density at radius 1 is 1.19 bits per heavy atom. The van der Waals surface area contributed by atoms with Gasteiger partial charge in [-0.2, -0.15) is 0 Å². The summed E-state index contributed by atoms with van der Waals surface area (Å²) in [5.74, 6) is 2.32. The minimum atomic E-state index is 0.379. The van der Waals surface area contributed by atoms with E-state index in [2.05, 4.69) is 47.3 Å². The Morgan fingerprint density at radius 2 is 1.85 bits per heavy atom. The summed E-state index contributed by atoms with van der Waals surface area (Å²) in [6.07, 6.45) is 5.96. The Bertz CT molecular complexity index is 760. The van der Waals surface area contributed by atoms with Crippen molar-refractivity contribution >= 4 is 11.0 Å². The monoisotopic (exact) mass is 370 g/mol. The van der Waals surface area contributed by atoms with Crippen molar-refractivity contribution in [3.05, 3.63) is 53.8 Å². The first-order valence-electron chi connectivity index (χ1n) is 10.2. The third-order valence-electron chi connectivity index (χ3n) is 5.06. The zero-order valence-corrected chi connectivity index (χ0v) is 18.6. The summed E-state index contributed by atoms with van der Waals surface area (Å²) in [6.45, 7) is 19.0. The van der Waals surface area contributed by atoms with Crippen molar-refractivity contribution in [2.24, 2.45) is 5.41 Å². The van der Waals surface area contributed by atoms with Gasteiger partial charge in [0.25, 0.3) is 0 Å². The molecule has 1 aliphatic rings. The van der Waals surface area contributed by atoms with Gasteiger partial charge in [0.2, 0.25) is 0 Å². The van der Waals surface area contributed by atoms with Gasteiger partial charge in [0.05, 0.1) is 7.11 Å². The molecule has 0 fully saturated rings. The summed E-state index contributed by atoms with van der Waals surface area (Å²) in [5, 5.41) is 1.10. The molecule has 1 heterocycles. The Kier molecular flexibility index (Phi) is 8.88. The minimum absolute atomic E-state index is 0.379. The number of benzene rings is 1. The van der Waals surface area contributed by atoms with Crippen LogP contribution in [0.1, 0.15) is 79.4 Å². The molecular formula is C25H38O2. The molecule has 3 rings (SSSR count). The second-order valence-corrected chi connectivity index (χ2v) is 7.84. The summed E-state index contributed by atoms with van der Waals surface area (Å²) < 4.78 is 10.8. The topological polar surface area (TPSA) is 22.4 Å². The molecule has 0 amide bonds. The van der Waals surface area contributed by atoms with Crippen molar-refractivity contribution in [1.82, 2.24) is 0 Å². The molecule has 0 saturated heterocycles. The van der Waals surface area contributed by atoms with Crippen LogP contribution in [0.25, 0.3) is 11.0 Å². The van der Waals surface area contributed by atoms with Crippen LogP contribution in [0.3, 0.4) is 0 Å². The maximum Gasteiger partial charge on any atom is 0.134 e. The number of hydrogen-bond acceptors (Lipinski definition) is 2. The van der Waals surface area contributed by atoms with Crippen LogP contribution >= 0.6 is 0 Å². The molecule has 2 heteroatoms. The number of rotatable bonds is 3. The molecule has 150 valence electrons. The molecule has 1 aromatic heterocycles. The average molecular weight is 371 g/mol. The van der Waals surface area contributed by atoms with Gasteiger partial charge in [0.15, 0.2) is 0 Å². The lowest BCUT2D eigenvalue weighted by Crippen LogP contribution is -2.18. The Morgan fingerprint density at radius 3 is 2.33 bits per heavy atom. The predicted octanol–water partition coefficient (Wildman–Crippen LogP) is 8.29. The van der Waals surface area contributed by atoms with Gasteiger partial charge in [-0.05, 0) is 61.4 Å². The number of furan rings is 1. The number of ether oxygens (including phenoxy) is 1. The largest absolute Gasteiger partial charge is 0.497 e. The molecule has 0 unspecified atom stereocenters. The zero-order chi connectivity index (χ0) is 20.6. The van der Waals surface area contributed by atoms with E-state index >= 15 is 0 Å². The lowest BCUT2D eigenvalue weighted by atomic mass is 9.73. The van der Waals surface area contributed by atoms with Gasteiger partial charge in [0, 0.05) is 11.3 Å². The van der Waals surface area contributed by atoms with Crippen LogP contribution in [0.15, 0.2) is 52.5 Å². The maximum atomic E-state index is 5.67. The van der Waals surface area contributed by atoms with Gasteiger partial charge in [-0.1, -0.05) is 59.8 Å². The van der Waals surface area contributed by atoms with Gasteiger partial charge in [-0.25, -0.2) is 0 Å². The molecule has 2 aromatic rings. The van der Waals surface area contributed by atoms with E-state index in [0.717, 1.165) is 22.5 Å². The van der Waals surface area contributed by atoms with E-state index in [9.17, 15) is 0 Å². The highest BCUT2D eigenvalue weighted by atomic mass is 16.5. The molecule has 0 saturated carbocycles. The van der Waals surface area contributed by atoms with E-state index in [-0.39, 0.29) is 0 Å². The van der Waals surface area contributed by atoms with Crippen molar-refractivity contribution in [3.8, 4) is 5.75 Å². The van der Waals surface area contributed by atoms with Crippen LogP contribution in [0.4, 0.5) is 0 Å². The van der Waals surface area contributed by atoms with E-state index in [1.165, 1.54) is 30.4 Å². The number of allylic oxidation sites excluding steroid dienone is 3. The first-order chi connectivity index (χ1) is 12.8. The highest BCUT2D eigenvalue weighted by Crippen LogP contribution is 2.40. The predicted molar refractivity (Wildman–Crippen MR) is 119 cm³/mol. The fraction of sp³-hybridized carbons (Fsp3) is 0.520. The SMILES string of the molecule is C=CC1=C(C)CCCC1(C)C.CC.COc1ccc2oc(C(C)C)cc2c1. The van der Waals surface area contributed by atoms with E-state index < -0.39 is 0 Å². The smallest absolute Gasteiger partial charge is 0.134 e. The molecule has 0 bridgehead atoms. The summed E-state index contributed by atoms with van der Waals surface area (Å²) in [5.41, 5.74) is 4.32. The first-order valence-corrected chi connectivity index (χ1v) is 10.2. The van der Waals surface area contributed by atoms with Crippen LogP contribution in [-0.4, -0.2) is 7.11 Å². The van der Waals surface area contributed by atoms with E-state index in [1.807, 2.05) is 38.1 Å². The van der Waals surface area contributed by atoms with E-state index in [0.29, 0.717) is 11.3 Å². The first kappa shape index (κ1) is 23.1. The fourth-order valence-electron chi connectivity index (χ4n) is 3.55. The normalized spacial score (nSPS) is 15.6. The molecule has 0 aliphatic heterocycles. The summed E-state index contributed by atoms with van der Waals surface area (Å²) in [6, 6.07) is 7.92. The van der Waals surface area contributed by atoms with Gasteiger partial charge in [0.1, 0.15) is 17.1 Å². The van der Waals surface area contributed by atoms with Crippen LogP contribution in [0, 0.1) is 5.41 Å². The van der Waals surface area contributed by atoms with Gasteiger partial charge in [-0.15, -0.1) is 0 Å². The van der Waals surface area contributed by atoms with E-state index in [4.69, 9.17) is 9.15 Å². The molecule has 27 heavy (non-hydrogen) atoms. The summed E-state index contributed by atoms with van der Waals surface area (Å²) >= 11 is 0. The van der Waals surface area contributed by atoms with Crippen molar-refractivity contribution in [1.29, 1.82) is 0 Å². The fourth-order valence-corrected chi connectivity index (χ4v) is 3.55. The summed E-state index contributed by atoms with van der Waals surface area (Å²) in [4.78, 5) is 0. The molecule has 2 nitrogen and oxygen atoms in total. The van der Waals surface area contributed by atoms with Gasteiger partial charge < -0.3 is 9.15 Å². The average Bonchev–Trinajstić information content (AvgIpc) is 3.07. The summed E-state index contributed by atoms with van der Waals surface area (Å²) in [7, 11) is 1.67. The van der Waals surface area contributed by atoms with Crippen molar-refractivity contribution in [3.63, 3.8) is 0 Å². The molecule has 0 spiro atoms. The van der Waals surface area contributed by atoms with Crippen LogP contribution in [0.5, 0.6) is 5.75 Å².